The summed E-state index contributed by atoms with van der Waals surface area (Å²) in [5, 5.41) is 0. The molecule has 45 heavy (non-hydrogen) atoms. The van der Waals surface area contributed by atoms with Gasteiger partial charge >= 0.3 is 0 Å². The molecule has 0 aliphatic carbocycles. The minimum atomic E-state index is -0.0637. The fourth-order valence-electron chi connectivity index (χ4n) is 3.84. The highest BCUT2D eigenvalue weighted by atomic mass is 16.7. The molecule has 0 aromatic carbocycles. The second-order valence-corrected chi connectivity index (χ2v) is 10.1. The van der Waals surface area contributed by atoms with Crippen LogP contribution < -0.4 is 0 Å². The average Bonchev–Trinajstić information content (AvgIpc) is 3.06. The first kappa shape index (κ1) is 42.5. The van der Waals surface area contributed by atoms with E-state index >= 15 is 0 Å². The molecule has 0 N–H and O–H groups in total. The van der Waals surface area contributed by atoms with E-state index in [1.54, 1.807) is 0 Å². The Balaban J connectivity index is 1.60. The van der Waals surface area contributed by atoms with Crippen molar-refractivity contribution in [2.75, 3.05) is 159 Å². The largest absolute Gasteiger partial charge is 0.379 e. The second-order valence-electron chi connectivity index (χ2n) is 10.1. The third kappa shape index (κ3) is 34.6. The van der Waals surface area contributed by atoms with Gasteiger partial charge < -0.3 is 61.6 Å². The highest BCUT2D eigenvalue weighted by Crippen LogP contribution is 2.13. The van der Waals surface area contributed by atoms with Crippen LogP contribution in [0.15, 0.2) is 0 Å². The zero-order valence-corrected chi connectivity index (χ0v) is 28.1. The maximum absolute atomic E-state index is 5.61. The molecular formula is C32H64O13. The van der Waals surface area contributed by atoms with Crippen LogP contribution in [-0.4, -0.2) is 165 Å². The van der Waals surface area contributed by atoms with Crippen molar-refractivity contribution in [3.8, 4) is 0 Å². The first-order valence-electron chi connectivity index (χ1n) is 17.0. The lowest BCUT2D eigenvalue weighted by atomic mass is 10.2. The molecule has 0 radical (unpaired) electrons. The van der Waals surface area contributed by atoms with Gasteiger partial charge in [0.05, 0.1) is 145 Å². The molecule has 0 amide bonds. The van der Waals surface area contributed by atoms with Crippen molar-refractivity contribution in [3.05, 3.63) is 0 Å². The number of hydrogen-bond donors (Lipinski definition) is 0. The maximum Gasteiger partial charge on any atom is 0.157 e. The van der Waals surface area contributed by atoms with E-state index in [2.05, 4.69) is 6.92 Å². The lowest BCUT2D eigenvalue weighted by Gasteiger charge is -2.22. The molecule has 1 rings (SSSR count). The molecule has 0 aromatic heterocycles. The van der Waals surface area contributed by atoms with Crippen LogP contribution in [-0.2, 0) is 61.6 Å². The summed E-state index contributed by atoms with van der Waals surface area (Å²) < 4.78 is 71.4. The molecular weight excluding hydrogens is 592 g/mol. The Morgan fingerprint density at radius 3 is 0.978 bits per heavy atom. The van der Waals surface area contributed by atoms with Crippen molar-refractivity contribution in [3.63, 3.8) is 0 Å². The van der Waals surface area contributed by atoms with E-state index < -0.39 is 0 Å². The van der Waals surface area contributed by atoms with E-state index in [-0.39, 0.29) is 6.29 Å². The van der Waals surface area contributed by atoms with Gasteiger partial charge in [0.15, 0.2) is 6.29 Å². The zero-order valence-electron chi connectivity index (χ0n) is 28.1. The fourth-order valence-corrected chi connectivity index (χ4v) is 3.84. The summed E-state index contributed by atoms with van der Waals surface area (Å²) in [5.41, 5.74) is 0. The van der Waals surface area contributed by atoms with Gasteiger partial charge in [0, 0.05) is 13.2 Å². The van der Waals surface area contributed by atoms with Crippen LogP contribution >= 0.6 is 0 Å². The van der Waals surface area contributed by atoms with Crippen molar-refractivity contribution >= 4 is 0 Å². The predicted molar refractivity (Wildman–Crippen MR) is 168 cm³/mol. The number of ether oxygens (including phenoxy) is 13. The lowest BCUT2D eigenvalue weighted by Crippen LogP contribution is -2.24. The van der Waals surface area contributed by atoms with Crippen LogP contribution in [0.3, 0.4) is 0 Å². The molecule has 270 valence electrons. The molecule has 13 nitrogen and oxygen atoms in total. The summed E-state index contributed by atoms with van der Waals surface area (Å²) in [4.78, 5) is 0. The molecule has 1 unspecified atom stereocenters. The maximum atomic E-state index is 5.61. The van der Waals surface area contributed by atoms with Crippen molar-refractivity contribution in [2.24, 2.45) is 0 Å². The minimum Gasteiger partial charge on any atom is -0.379 e. The van der Waals surface area contributed by atoms with Crippen LogP contribution in [0.1, 0.15) is 45.4 Å². The molecule has 1 saturated heterocycles. The van der Waals surface area contributed by atoms with E-state index in [1.807, 2.05) is 0 Å². The Morgan fingerprint density at radius 2 is 0.689 bits per heavy atom. The Kier molecular flexibility index (Phi) is 35.8. The average molecular weight is 657 g/mol. The SMILES string of the molecule is CCCCCOCCOCCOCCOCCOCCOCCOCCOCCOCCOCCOCCOC1CCCCO1. The van der Waals surface area contributed by atoms with Crippen LogP contribution in [0.5, 0.6) is 0 Å². The van der Waals surface area contributed by atoms with Gasteiger partial charge in [0.2, 0.25) is 0 Å². The van der Waals surface area contributed by atoms with Gasteiger partial charge in [-0.15, -0.1) is 0 Å². The zero-order chi connectivity index (χ0) is 32.0. The van der Waals surface area contributed by atoms with Crippen LogP contribution in [0.4, 0.5) is 0 Å². The summed E-state index contributed by atoms with van der Waals surface area (Å²) >= 11 is 0. The Labute approximate surface area is 272 Å². The lowest BCUT2D eigenvalue weighted by molar-refractivity contribution is -0.169. The standard InChI is InChI=1S/C32H64O13/c1-2-3-5-8-33-10-11-34-12-13-35-14-15-36-16-17-37-18-19-38-20-21-39-22-23-40-24-25-41-26-27-42-28-29-43-30-31-45-32-7-4-6-9-44-32/h32H,2-31H2,1H3. The summed E-state index contributed by atoms with van der Waals surface area (Å²) in [7, 11) is 0. The van der Waals surface area contributed by atoms with Gasteiger partial charge in [-0.3, -0.25) is 0 Å². The molecule has 1 aliphatic heterocycles. The summed E-state index contributed by atoms with van der Waals surface area (Å²) in [6.07, 6.45) is 6.75. The second kappa shape index (κ2) is 37.9. The topological polar surface area (TPSA) is 120 Å². The first-order valence-corrected chi connectivity index (χ1v) is 17.0. The van der Waals surface area contributed by atoms with Gasteiger partial charge in [-0.05, 0) is 25.7 Å². The van der Waals surface area contributed by atoms with Gasteiger partial charge in [0.1, 0.15) is 0 Å². The normalized spacial score (nSPS) is 15.3. The van der Waals surface area contributed by atoms with E-state index in [9.17, 15) is 0 Å². The highest BCUT2D eigenvalue weighted by molar-refractivity contribution is 4.53. The van der Waals surface area contributed by atoms with Gasteiger partial charge in [0.25, 0.3) is 0 Å². The van der Waals surface area contributed by atoms with Crippen molar-refractivity contribution in [1.82, 2.24) is 0 Å². The highest BCUT2D eigenvalue weighted by Gasteiger charge is 2.13. The van der Waals surface area contributed by atoms with Crippen LogP contribution in [0, 0.1) is 0 Å². The third-order valence-corrected chi connectivity index (χ3v) is 6.28. The molecule has 1 atom stereocenters. The number of hydrogen-bond acceptors (Lipinski definition) is 13. The summed E-state index contributed by atoms with van der Waals surface area (Å²) in [5.74, 6) is 0. The van der Waals surface area contributed by atoms with Gasteiger partial charge in [-0.2, -0.15) is 0 Å². The van der Waals surface area contributed by atoms with Crippen molar-refractivity contribution < 1.29 is 61.6 Å². The van der Waals surface area contributed by atoms with Crippen LogP contribution in [0.25, 0.3) is 0 Å². The third-order valence-electron chi connectivity index (χ3n) is 6.28. The number of unbranched alkanes of at least 4 members (excludes halogenated alkanes) is 2. The van der Waals surface area contributed by atoms with E-state index in [0.717, 1.165) is 32.5 Å². The quantitative estimate of drug-likeness (QED) is 0.0907. The molecule has 0 saturated carbocycles. The van der Waals surface area contributed by atoms with E-state index in [1.165, 1.54) is 19.3 Å². The molecule has 1 heterocycles. The molecule has 1 fully saturated rings. The summed E-state index contributed by atoms with van der Waals surface area (Å²) in [6.45, 7) is 15.7. The van der Waals surface area contributed by atoms with E-state index in [4.69, 9.17) is 61.6 Å². The van der Waals surface area contributed by atoms with Crippen LogP contribution in [0.2, 0.25) is 0 Å². The monoisotopic (exact) mass is 656 g/mol. The number of rotatable bonds is 38. The smallest absolute Gasteiger partial charge is 0.157 e. The Morgan fingerprint density at radius 1 is 0.378 bits per heavy atom. The Bertz CT molecular complexity index is 541. The van der Waals surface area contributed by atoms with Crippen molar-refractivity contribution in [2.45, 2.75) is 51.7 Å². The molecule has 13 heteroatoms. The predicted octanol–water partition coefficient (Wildman–Crippen LogP) is 2.90. The molecule has 1 aliphatic rings. The van der Waals surface area contributed by atoms with Crippen molar-refractivity contribution in [1.29, 1.82) is 0 Å². The summed E-state index contributed by atoms with van der Waals surface area (Å²) in [6, 6.07) is 0. The minimum absolute atomic E-state index is 0.0637. The fraction of sp³-hybridized carbons (Fsp3) is 1.00. The first-order chi connectivity index (χ1) is 22.4. The van der Waals surface area contributed by atoms with E-state index in [0.29, 0.717) is 145 Å². The Hall–Kier alpha value is -0.520. The molecule has 0 bridgehead atoms. The molecule has 0 aromatic rings. The van der Waals surface area contributed by atoms with Gasteiger partial charge in [-0.1, -0.05) is 19.8 Å². The molecule has 0 spiro atoms. The van der Waals surface area contributed by atoms with Gasteiger partial charge in [-0.25, -0.2) is 0 Å².